The van der Waals surface area contributed by atoms with E-state index in [4.69, 9.17) is 4.74 Å². The first-order valence-corrected chi connectivity index (χ1v) is 7.08. The van der Waals surface area contributed by atoms with Crippen molar-refractivity contribution in [2.75, 3.05) is 14.2 Å². The summed E-state index contributed by atoms with van der Waals surface area (Å²) in [6.07, 6.45) is 1.67. The van der Waals surface area contributed by atoms with E-state index in [1.165, 1.54) is 0 Å². The Hall–Kier alpha value is -2.57. The van der Waals surface area contributed by atoms with Gasteiger partial charge in [-0.25, -0.2) is 0 Å². The van der Waals surface area contributed by atoms with Crippen molar-refractivity contribution in [3.05, 3.63) is 42.0 Å². The van der Waals surface area contributed by atoms with Gasteiger partial charge in [-0.1, -0.05) is 18.2 Å². The highest BCUT2D eigenvalue weighted by Crippen LogP contribution is 2.24. The average molecular weight is 302 g/mol. The van der Waals surface area contributed by atoms with Crippen LogP contribution in [0.1, 0.15) is 24.4 Å². The number of ether oxygens (including phenoxy) is 1. The fourth-order valence-corrected chi connectivity index (χ4v) is 2.13. The Morgan fingerprint density at radius 1 is 1.41 bits per heavy atom. The Labute approximate surface area is 130 Å². The molecule has 0 radical (unpaired) electrons. The van der Waals surface area contributed by atoms with E-state index in [2.05, 4.69) is 32.7 Å². The summed E-state index contributed by atoms with van der Waals surface area (Å²) in [5.41, 5.74) is 1.08. The number of para-hydroxylation sites is 1. The standard InChI is InChI=1S/C15H22N6O/c1-11(12-7-5-6-8-13(12)22-4)19-15(16-2)17-9-14-20-18-10-21(14)3/h5-8,10-11H,9H2,1-4H3,(H2,16,17,19). The van der Waals surface area contributed by atoms with Gasteiger partial charge in [-0.15, -0.1) is 10.2 Å². The number of guanidine groups is 1. The molecule has 1 atom stereocenters. The number of aryl methyl sites for hydroxylation is 1. The van der Waals surface area contributed by atoms with Crippen LogP contribution in [0.3, 0.4) is 0 Å². The van der Waals surface area contributed by atoms with E-state index in [0.29, 0.717) is 12.5 Å². The maximum Gasteiger partial charge on any atom is 0.191 e. The summed E-state index contributed by atoms with van der Waals surface area (Å²) in [6, 6.07) is 7.99. The van der Waals surface area contributed by atoms with Crippen LogP contribution in [0.4, 0.5) is 0 Å². The molecule has 0 saturated heterocycles. The molecule has 1 heterocycles. The van der Waals surface area contributed by atoms with E-state index >= 15 is 0 Å². The molecule has 0 spiro atoms. The van der Waals surface area contributed by atoms with Gasteiger partial charge in [0.05, 0.1) is 19.7 Å². The molecule has 2 N–H and O–H groups in total. The molecule has 1 unspecified atom stereocenters. The fraction of sp³-hybridized carbons (Fsp3) is 0.400. The van der Waals surface area contributed by atoms with Crippen molar-refractivity contribution in [1.29, 1.82) is 0 Å². The second-order valence-corrected chi connectivity index (χ2v) is 4.89. The molecular formula is C15H22N6O. The van der Waals surface area contributed by atoms with Crippen molar-refractivity contribution in [3.63, 3.8) is 0 Å². The molecule has 1 aromatic heterocycles. The van der Waals surface area contributed by atoms with E-state index in [0.717, 1.165) is 17.1 Å². The monoisotopic (exact) mass is 302 g/mol. The van der Waals surface area contributed by atoms with Crippen LogP contribution in [-0.4, -0.2) is 34.9 Å². The molecule has 0 aliphatic rings. The third kappa shape index (κ3) is 3.75. The summed E-state index contributed by atoms with van der Waals surface area (Å²) in [4.78, 5) is 4.23. The van der Waals surface area contributed by atoms with Crippen LogP contribution < -0.4 is 15.4 Å². The van der Waals surface area contributed by atoms with Gasteiger partial charge in [0.25, 0.3) is 0 Å². The summed E-state index contributed by atoms with van der Waals surface area (Å²) < 4.78 is 7.26. The molecule has 118 valence electrons. The van der Waals surface area contributed by atoms with Gasteiger partial charge in [0.15, 0.2) is 11.8 Å². The molecule has 1 aromatic carbocycles. The van der Waals surface area contributed by atoms with Crippen LogP contribution in [0, 0.1) is 0 Å². The first-order chi connectivity index (χ1) is 10.7. The number of rotatable bonds is 5. The summed E-state index contributed by atoms with van der Waals surface area (Å²) in [6.45, 7) is 2.61. The van der Waals surface area contributed by atoms with Crippen LogP contribution in [-0.2, 0) is 13.6 Å². The zero-order valence-electron chi connectivity index (χ0n) is 13.4. The van der Waals surface area contributed by atoms with E-state index < -0.39 is 0 Å². The van der Waals surface area contributed by atoms with Crippen molar-refractivity contribution in [2.45, 2.75) is 19.5 Å². The largest absolute Gasteiger partial charge is 0.496 e. The van der Waals surface area contributed by atoms with Crippen molar-refractivity contribution in [2.24, 2.45) is 12.0 Å². The molecule has 2 rings (SSSR count). The van der Waals surface area contributed by atoms with Gasteiger partial charge >= 0.3 is 0 Å². The van der Waals surface area contributed by atoms with Crippen molar-refractivity contribution < 1.29 is 4.74 Å². The Morgan fingerprint density at radius 2 is 2.18 bits per heavy atom. The lowest BCUT2D eigenvalue weighted by atomic mass is 10.1. The first-order valence-electron chi connectivity index (χ1n) is 7.08. The summed E-state index contributed by atoms with van der Waals surface area (Å²) >= 11 is 0. The van der Waals surface area contributed by atoms with Crippen molar-refractivity contribution in [3.8, 4) is 5.75 Å². The number of nitrogens with zero attached hydrogens (tertiary/aromatic N) is 4. The molecule has 0 saturated carbocycles. The third-order valence-electron chi connectivity index (χ3n) is 3.40. The third-order valence-corrected chi connectivity index (χ3v) is 3.40. The molecule has 7 nitrogen and oxygen atoms in total. The Kier molecular flexibility index (Phi) is 5.35. The van der Waals surface area contributed by atoms with E-state index in [1.807, 2.05) is 35.9 Å². The van der Waals surface area contributed by atoms with Gasteiger partial charge in [-0.05, 0) is 13.0 Å². The predicted octanol–water partition coefficient (Wildman–Crippen LogP) is 1.25. The molecule has 0 aliphatic carbocycles. The maximum atomic E-state index is 5.39. The smallest absolute Gasteiger partial charge is 0.191 e. The molecule has 0 fully saturated rings. The number of aromatic nitrogens is 3. The number of hydrogen-bond acceptors (Lipinski definition) is 4. The summed E-state index contributed by atoms with van der Waals surface area (Å²) in [5, 5.41) is 14.5. The lowest BCUT2D eigenvalue weighted by molar-refractivity contribution is 0.405. The highest BCUT2D eigenvalue weighted by molar-refractivity contribution is 5.80. The summed E-state index contributed by atoms with van der Waals surface area (Å²) in [5.74, 6) is 2.39. The molecule has 0 bridgehead atoms. The second kappa shape index (κ2) is 7.44. The van der Waals surface area contributed by atoms with E-state index in [1.54, 1.807) is 20.5 Å². The van der Waals surface area contributed by atoms with Crippen molar-refractivity contribution >= 4 is 5.96 Å². The summed E-state index contributed by atoms with van der Waals surface area (Å²) in [7, 11) is 5.32. The highest BCUT2D eigenvalue weighted by atomic mass is 16.5. The second-order valence-electron chi connectivity index (χ2n) is 4.89. The number of methoxy groups -OCH3 is 1. The Bertz CT molecular complexity index is 636. The predicted molar refractivity (Wildman–Crippen MR) is 85.7 cm³/mol. The van der Waals surface area contributed by atoms with Gasteiger partial charge in [0.1, 0.15) is 12.1 Å². The van der Waals surface area contributed by atoms with Gasteiger partial charge < -0.3 is 19.9 Å². The quantitative estimate of drug-likeness (QED) is 0.642. The van der Waals surface area contributed by atoms with E-state index in [-0.39, 0.29) is 6.04 Å². The number of nitrogens with one attached hydrogen (secondary N) is 2. The molecule has 22 heavy (non-hydrogen) atoms. The highest BCUT2D eigenvalue weighted by Gasteiger charge is 2.12. The van der Waals surface area contributed by atoms with Crippen LogP contribution in [0.5, 0.6) is 5.75 Å². The first kappa shape index (κ1) is 15.8. The number of benzene rings is 1. The van der Waals surface area contributed by atoms with E-state index in [9.17, 15) is 0 Å². The normalized spacial score (nSPS) is 12.8. The van der Waals surface area contributed by atoms with Crippen LogP contribution in [0.25, 0.3) is 0 Å². The van der Waals surface area contributed by atoms with Gasteiger partial charge in [0.2, 0.25) is 0 Å². The molecule has 7 heteroatoms. The lowest BCUT2D eigenvalue weighted by Gasteiger charge is -2.20. The topological polar surface area (TPSA) is 76.4 Å². The van der Waals surface area contributed by atoms with Crippen LogP contribution >= 0.6 is 0 Å². The Balaban J connectivity index is 1.99. The molecular weight excluding hydrogens is 280 g/mol. The minimum atomic E-state index is 0.0573. The zero-order valence-corrected chi connectivity index (χ0v) is 13.4. The Morgan fingerprint density at radius 3 is 2.82 bits per heavy atom. The zero-order chi connectivity index (χ0) is 15.9. The molecule has 0 amide bonds. The number of hydrogen-bond donors (Lipinski definition) is 2. The maximum absolute atomic E-state index is 5.39. The minimum Gasteiger partial charge on any atom is -0.496 e. The average Bonchev–Trinajstić information content (AvgIpc) is 2.96. The fourth-order valence-electron chi connectivity index (χ4n) is 2.13. The van der Waals surface area contributed by atoms with Gasteiger partial charge in [-0.2, -0.15) is 0 Å². The van der Waals surface area contributed by atoms with Crippen LogP contribution in [0.15, 0.2) is 35.6 Å². The van der Waals surface area contributed by atoms with Crippen molar-refractivity contribution in [1.82, 2.24) is 25.4 Å². The van der Waals surface area contributed by atoms with Gasteiger partial charge in [-0.3, -0.25) is 4.99 Å². The molecule has 0 aliphatic heterocycles. The minimum absolute atomic E-state index is 0.0573. The van der Waals surface area contributed by atoms with Crippen LogP contribution in [0.2, 0.25) is 0 Å². The lowest BCUT2D eigenvalue weighted by Crippen LogP contribution is -2.38. The van der Waals surface area contributed by atoms with Gasteiger partial charge in [0, 0.05) is 19.7 Å². The molecule has 2 aromatic rings. The number of aliphatic imine (C=N–C) groups is 1. The SMILES string of the molecule is CN=C(NCc1nncn1C)NC(C)c1ccccc1OC.